The maximum absolute atomic E-state index is 11.7. The lowest BCUT2D eigenvalue weighted by Crippen LogP contribution is -2.65. The first-order chi connectivity index (χ1) is 11.3. The van der Waals surface area contributed by atoms with Gasteiger partial charge in [0.05, 0.1) is 0 Å². The molecular formula is C15H20O9. The third-order valence-electron chi connectivity index (χ3n) is 2.71. The number of hydrogen-bond acceptors (Lipinski definition) is 9. The number of esters is 3. The van der Waals surface area contributed by atoms with E-state index in [9.17, 15) is 14.4 Å². The summed E-state index contributed by atoms with van der Waals surface area (Å²) >= 11 is 0. The normalized spacial score (nSPS) is 11.1. The van der Waals surface area contributed by atoms with E-state index in [0.717, 1.165) is 39.6 Å². The molecule has 0 amide bonds. The molecule has 24 heavy (non-hydrogen) atoms. The number of carbonyl (C=O) groups is 3. The van der Waals surface area contributed by atoms with Crippen LogP contribution < -0.4 is 0 Å². The molecule has 9 heteroatoms. The minimum absolute atomic E-state index is 0.789. The zero-order valence-electron chi connectivity index (χ0n) is 13.7. The molecule has 0 saturated heterocycles. The van der Waals surface area contributed by atoms with Crippen molar-refractivity contribution in [3.63, 3.8) is 0 Å². The number of ether oxygens (including phenoxy) is 6. The molecule has 0 bridgehead atoms. The van der Waals surface area contributed by atoms with Crippen molar-refractivity contribution in [1.82, 2.24) is 0 Å². The Labute approximate surface area is 139 Å². The maximum Gasteiger partial charge on any atom is 0.374 e. The van der Waals surface area contributed by atoms with Gasteiger partial charge >= 0.3 is 29.7 Å². The van der Waals surface area contributed by atoms with E-state index in [1.165, 1.54) is 0 Å². The van der Waals surface area contributed by atoms with Crippen molar-refractivity contribution in [2.75, 3.05) is 27.9 Å². The highest BCUT2D eigenvalue weighted by Crippen LogP contribution is 2.34. The number of methoxy groups -OCH3 is 3. The predicted octanol–water partition coefficient (Wildman–Crippen LogP) is 0.463. The van der Waals surface area contributed by atoms with Crippen molar-refractivity contribution >= 4 is 17.9 Å². The second kappa shape index (κ2) is 9.60. The van der Waals surface area contributed by atoms with Gasteiger partial charge < -0.3 is 28.4 Å². The van der Waals surface area contributed by atoms with E-state index in [0.29, 0.717) is 0 Å². The van der Waals surface area contributed by atoms with Gasteiger partial charge in [-0.3, -0.25) is 0 Å². The van der Waals surface area contributed by atoms with Crippen LogP contribution in [0.25, 0.3) is 0 Å². The van der Waals surface area contributed by atoms with Crippen LogP contribution in [0.5, 0.6) is 0 Å². The molecule has 0 heterocycles. The molecule has 0 rings (SSSR count). The van der Waals surface area contributed by atoms with E-state index in [4.69, 9.17) is 28.4 Å². The Morgan fingerprint density at radius 2 is 1.17 bits per heavy atom. The monoisotopic (exact) mass is 344 g/mol. The molecule has 0 aromatic rings. The van der Waals surface area contributed by atoms with Crippen molar-refractivity contribution in [2.24, 2.45) is 0 Å². The highest BCUT2D eigenvalue weighted by atomic mass is 16.9. The van der Waals surface area contributed by atoms with Gasteiger partial charge in [-0.05, 0) is 0 Å². The van der Waals surface area contributed by atoms with Crippen LogP contribution in [0.4, 0.5) is 0 Å². The summed E-state index contributed by atoms with van der Waals surface area (Å²) in [5, 5.41) is 0. The molecular weight excluding hydrogens is 324 g/mol. The minimum atomic E-state index is -2.46. The summed E-state index contributed by atoms with van der Waals surface area (Å²) in [6.45, 7) is 8.86. The largest absolute Gasteiger partial charge is 0.454 e. The highest BCUT2D eigenvalue weighted by Gasteiger charge is 2.63. The minimum Gasteiger partial charge on any atom is -0.454 e. The number of rotatable bonds is 11. The van der Waals surface area contributed by atoms with Crippen LogP contribution in [-0.2, 0) is 42.8 Å². The molecule has 0 radical (unpaired) electrons. The Bertz CT molecular complexity index is 475. The van der Waals surface area contributed by atoms with Crippen molar-refractivity contribution < 1.29 is 42.8 Å². The van der Waals surface area contributed by atoms with Gasteiger partial charge in [0.15, 0.2) is 6.61 Å². The van der Waals surface area contributed by atoms with E-state index < -0.39 is 36.3 Å². The van der Waals surface area contributed by atoms with E-state index in [1.54, 1.807) is 0 Å². The van der Waals surface area contributed by atoms with Gasteiger partial charge in [0, 0.05) is 39.6 Å². The zero-order chi connectivity index (χ0) is 18.8. The molecule has 0 aliphatic carbocycles. The third kappa shape index (κ3) is 4.75. The lowest BCUT2D eigenvalue weighted by molar-refractivity contribution is -0.468. The molecule has 0 fully saturated rings. The average molecular weight is 344 g/mol. The Morgan fingerprint density at radius 1 is 0.792 bits per heavy atom. The molecule has 9 nitrogen and oxygen atoms in total. The smallest absolute Gasteiger partial charge is 0.374 e. The summed E-state index contributed by atoms with van der Waals surface area (Å²) in [7, 11) is 3.38. The molecule has 0 atom stereocenters. The van der Waals surface area contributed by atoms with E-state index in [1.807, 2.05) is 0 Å². The standard InChI is InChI=1S/C15H20O9/c1-7-11(16)22-10-14(23-12(17)8-2,24-13(18)9-3)15(19-4,20-5)21-6/h7-9H,1-3,10H2,4-6H3. The van der Waals surface area contributed by atoms with Gasteiger partial charge in [-0.25, -0.2) is 14.4 Å². The fraction of sp³-hybridized carbons (Fsp3) is 0.400. The second-order valence-corrected chi connectivity index (χ2v) is 3.98. The number of carbonyl (C=O) groups excluding carboxylic acids is 3. The summed E-state index contributed by atoms with van der Waals surface area (Å²) in [5.41, 5.74) is 0. The molecule has 0 aliphatic rings. The van der Waals surface area contributed by atoms with Crippen LogP contribution in [0.2, 0.25) is 0 Å². The quantitative estimate of drug-likeness (QED) is 0.300. The first-order valence-electron chi connectivity index (χ1n) is 6.45. The fourth-order valence-corrected chi connectivity index (χ4v) is 1.64. The van der Waals surface area contributed by atoms with Crippen LogP contribution in [0, 0.1) is 0 Å². The Hall–Kier alpha value is -2.49. The van der Waals surface area contributed by atoms with Gasteiger partial charge in [-0.15, -0.1) is 0 Å². The average Bonchev–Trinajstić information content (AvgIpc) is 2.60. The summed E-state index contributed by atoms with van der Waals surface area (Å²) in [5.74, 6) is -7.67. The van der Waals surface area contributed by atoms with Gasteiger partial charge in [-0.2, -0.15) is 0 Å². The van der Waals surface area contributed by atoms with Crippen LogP contribution in [-0.4, -0.2) is 57.6 Å². The topological polar surface area (TPSA) is 107 Å². The van der Waals surface area contributed by atoms with E-state index >= 15 is 0 Å². The molecule has 0 spiro atoms. The predicted molar refractivity (Wildman–Crippen MR) is 80.2 cm³/mol. The highest BCUT2D eigenvalue weighted by molar-refractivity contribution is 5.84. The van der Waals surface area contributed by atoms with Crippen molar-refractivity contribution in [1.29, 1.82) is 0 Å². The molecule has 0 unspecified atom stereocenters. The third-order valence-corrected chi connectivity index (χ3v) is 2.71. The molecule has 0 aromatic heterocycles. The lowest BCUT2D eigenvalue weighted by atomic mass is 10.2. The Morgan fingerprint density at radius 3 is 1.46 bits per heavy atom. The molecule has 0 aliphatic heterocycles. The van der Waals surface area contributed by atoms with E-state index in [-0.39, 0.29) is 0 Å². The SMILES string of the molecule is C=CC(=O)OCC(OC(=O)C=C)(OC(=O)C=C)C(OC)(OC)OC. The zero-order valence-corrected chi connectivity index (χ0v) is 13.7. The summed E-state index contributed by atoms with van der Waals surface area (Å²) < 4.78 is 30.2. The number of hydrogen-bond donors (Lipinski definition) is 0. The van der Waals surface area contributed by atoms with Crippen molar-refractivity contribution in [2.45, 2.75) is 11.8 Å². The van der Waals surface area contributed by atoms with Crippen LogP contribution in [0.3, 0.4) is 0 Å². The first kappa shape index (κ1) is 21.5. The van der Waals surface area contributed by atoms with Crippen LogP contribution in [0.1, 0.15) is 0 Å². The fourth-order valence-electron chi connectivity index (χ4n) is 1.64. The van der Waals surface area contributed by atoms with Gasteiger partial charge in [0.2, 0.25) is 0 Å². The summed E-state index contributed by atoms with van der Waals surface area (Å²) in [4.78, 5) is 34.8. The van der Waals surface area contributed by atoms with Gasteiger partial charge in [0.1, 0.15) is 0 Å². The molecule has 0 aromatic carbocycles. The Balaban J connectivity index is 6.14. The molecule has 134 valence electrons. The molecule has 0 saturated carbocycles. The van der Waals surface area contributed by atoms with Gasteiger partial charge in [-0.1, -0.05) is 19.7 Å². The van der Waals surface area contributed by atoms with Crippen molar-refractivity contribution in [3.05, 3.63) is 38.0 Å². The first-order valence-corrected chi connectivity index (χ1v) is 6.45. The summed E-state index contributed by atoms with van der Waals surface area (Å²) in [6.07, 6.45) is 2.43. The lowest BCUT2D eigenvalue weighted by Gasteiger charge is -2.42. The maximum atomic E-state index is 11.7. The van der Waals surface area contributed by atoms with Crippen molar-refractivity contribution in [3.8, 4) is 0 Å². The molecule has 0 N–H and O–H groups in total. The Kier molecular flexibility index (Phi) is 8.61. The van der Waals surface area contributed by atoms with Crippen LogP contribution in [0.15, 0.2) is 38.0 Å². The van der Waals surface area contributed by atoms with Crippen LogP contribution >= 0.6 is 0 Å². The summed E-state index contributed by atoms with van der Waals surface area (Å²) in [6, 6.07) is 0. The van der Waals surface area contributed by atoms with E-state index in [2.05, 4.69) is 19.7 Å². The second-order valence-electron chi connectivity index (χ2n) is 3.98. The van der Waals surface area contributed by atoms with Gasteiger partial charge in [0.25, 0.3) is 0 Å².